The van der Waals surface area contributed by atoms with Gasteiger partial charge >= 0.3 is 0 Å². The molecule has 17 heavy (non-hydrogen) atoms. The van der Waals surface area contributed by atoms with Gasteiger partial charge < -0.3 is 5.32 Å². The predicted octanol–water partition coefficient (Wildman–Crippen LogP) is 1.66. The van der Waals surface area contributed by atoms with Crippen molar-refractivity contribution in [1.82, 2.24) is 20.0 Å². The second kappa shape index (κ2) is 5.38. The van der Waals surface area contributed by atoms with Crippen molar-refractivity contribution >= 4 is 11.6 Å². The highest BCUT2D eigenvalue weighted by Crippen LogP contribution is 2.22. The maximum absolute atomic E-state index is 6.33. The predicted molar refractivity (Wildman–Crippen MR) is 70.4 cm³/mol. The molecule has 1 N–H and O–H groups in total. The zero-order chi connectivity index (χ0) is 12.4. The van der Waals surface area contributed by atoms with Crippen LogP contribution >= 0.6 is 11.6 Å². The Hall–Kier alpha value is -0.580. The minimum atomic E-state index is 0.556. The Balaban J connectivity index is 2.16. The van der Waals surface area contributed by atoms with Gasteiger partial charge in [0.2, 0.25) is 0 Å². The summed E-state index contributed by atoms with van der Waals surface area (Å²) in [6.07, 6.45) is 0. The zero-order valence-corrected chi connectivity index (χ0v) is 11.6. The van der Waals surface area contributed by atoms with Crippen LogP contribution < -0.4 is 5.32 Å². The Morgan fingerprint density at radius 3 is 2.94 bits per heavy atom. The number of aryl methyl sites for hydroxylation is 2. The minimum absolute atomic E-state index is 0.556. The van der Waals surface area contributed by atoms with Crippen LogP contribution in [0.1, 0.15) is 25.2 Å². The van der Waals surface area contributed by atoms with Gasteiger partial charge in [-0.05, 0) is 20.8 Å². The molecule has 1 saturated heterocycles. The van der Waals surface area contributed by atoms with E-state index in [0.717, 1.165) is 49.1 Å². The number of hydrogen-bond donors (Lipinski definition) is 1. The average Bonchev–Trinajstić information content (AvgIpc) is 2.59. The highest BCUT2D eigenvalue weighted by molar-refractivity contribution is 6.31. The summed E-state index contributed by atoms with van der Waals surface area (Å²) in [5.74, 6) is 0. The molecule has 96 valence electrons. The van der Waals surface area contributed by atoms with Crippen molar-refractivity contribution in [1.29, 1.82) is 0 Å². The third-order valence-electron chi connectivity index (χ3n) is 3.44. The lowest BCUT2D eigenvalue weighted by Crippen LogP contribution is -2.49. The summed E-state index contributed by atoms with van der Waals surface area (Å²) < 4.78 is 2.02. The first-order valence-corrected chi connectivity index (χ1v) is 6.67. The van der Waals surface area contributed by atoms with Gasteiger partial charge in [-0.3, -0.25) is 9.58 Å². The van der Waals surface area contributed by atoms with E-state index in [1.54, 1.807) is 0 Å². The first kappa shape index (κ1) is 12.9. The van der Waals surface area contributed by atoms with Crippen molar-refractivity contribution in [3.05, 3.63) is 16.4 Å². The summed E-state index contributed by atoms with van der Waals surface area (Å²) in [5.41, 5.74) is 2.09. The first-order chi connectivity index (χ1) is 8.13. The Labute approximate surface area is 108 Å². The first-order valence-electron chi connectivity index (χ1n) is 6.30. The molecule has 0 aliphatic carbocycles. The number of nitrogens with one attached hydrogen (secondary N) is 1. The van der Waals surface area contributed by atoms with Crippen molar-refractivity contribution in [2.75, 3.05) is 19.6 Å². The lowest BCUT2D eigenvalue weighted by Gasteiger charge is -2.33. The lowest BCUT2D eigenvalue weighted by atomic mass is 10.2. The van der Waals surface area contributed by atoms with Crippen LogP contribution in [0.4, 0.5) is 0 Å². The molecule has 5 heteroatoms. The fraction of sp³-hybridized carbons (Fsp3) is 0.750. The number of nitrogens with zero attached hydrogens (tertiary/aromatic N) is 3. The van der Waals surface area contributed by atoms with Crippen LogP contribution in [0.5, 0.6) is 0 Å². The van der Waals surface area contributed by atoms with E-state index >= 15 is 0 Å². The normalized spacial score (nSPS) is 22.0. The van der Waals surface area contributed by atoms with E-state index < -0.39 is 0 Å². The van der Waals surface area contributed by atoms with Crippen LogP contribution in [0, 0.1) is 6.92 Å². The smallest absolute Gasteiger partial charge is 0.0860 e. The maximum atomic E-state index is 6.33. The van der Waals surface area contributed by atoms with Crippen LogP contribution in [0.25, 0.3) is 0 Å². The quantitative estimate of drug-likeness (QED) is 0.893. The van der Waals surface area contributed by atoms with Crippen molar-refractivity contribution < 1.29 is 0 Å². The third kappa shape index (κ3) is 2.64. The molecular weight excluding hydrogens is 236 g/mol. The molecule has 1 aromatic rings. The monoisotopic (exact) mass is 256 g/mol. The molecule has 1 aliphatic heterocycles. The Morgan fingerprint density at radius 2 is 2.29 bits per heavy atom. The number of rotatable bonds is 3. The Morgan fingerprint density at radius 1 is 1.53 bits per heavy atom. The lowest BCUT2D eigenvalue weighted by molar-refractivity contribution is 0.161. The van der Waals surface area contributed by atoms with Gasteiger partial charge in [0.1, 0.15) is 0 Å². The average molecular weight is 257 g/mol. The van der Waals surface area contributed by atoms with Crippen LogP contribution in [-0.4, -0.2) is 40.4 Å². The molecular formula is C12H21ClN4. The summed E-state index contributed by atoms with van der Waals surface area (Å²) in [5, 5.41) is 8.69. The van der Waals surface area contributed by atoms with Gasteiger partial charge in [-0.25, -0.2) is 0 Å². The highest BCUT2D eigenvalue weighted by atomic mass is 35.5. The number of halogens is 1. The van der Waals surface area contributed by atoms with Crippen LogP contribution in [0.3, 0.4) is 0 Å². The molecule has 0 radical (unpaired) electrons. The van der Waals surface area contributed by atoms with Crippen LogP contribution in [0.15, 0.2) is 0 Å². The summed E-state index contributed by atoms with van der Waals surface area (Å²) in [4.78, 5) is 2.46. The number of aromatic nitrogens is 2. The molecule has 2 rings (SSSR count). The van der Waals surface area contributed by atoms with Gasteiger partial charge in [0.25, 0.3) is 0 Å². The van der Waals surface area contributed by atoms with E-state index in [2.05, 4.69) is 29.2 Å². The van der Waals surface area contributed by atoms with Crippen LogP contribution in [-0.2, 0) is 13.1 Å². The molecule has 0 unspecified atom stereocenters. The van der Waals surface area contributed by atoms with Gasteiger partial charge in [-0.15, -0.1) is 0 Å². The molecule has 2 heterocycles. The van der Waals surface area contributed by atoms with Crippen molar-refractivity contribution in [2.24, 2.45) is 0 Å². The SMILES string of the molecule is CCn1nc(C)c(Cl)c1CN1CCNC[C@H]1C. The summed E-state index contributed by atoms with van der Waals surface area (Å²) in [6.45, 7) is 11.3. The number of hydrogen-bond acceptors (Lipinski definition) is 3. The zero-order valence-electron chi connectivity index (χ0n) is 10.8. The molecule has 0 aromatic carbocycles. The second-order valence-corrected chi connectivity index (χ2v) is 5.06. The molecule has 0 bridgehead atoms. The molecule has 1 aliphatic rings. The van der Waals surface area contributed by atoms with Crippen molar-refractivity contribution in [2.45, 2.75) is 39.9 Å². The standard InChI is InChI=1S/C12H21ClN4/c1-4-17-11(12(13)10(3)15-17)8-16-6-5-14-7-9(16)2/h9,14H,4-8H2,1-3H3/t9-/m1/s1. The fourth-order valence-electron chi connectivity index (χ4n) is 2.33. The Kier molecular flexibility index (Phi) is 4.07. The van der Waals surface area contributed by atoms with Gasteiger partial charge in [-0.2, -0.15) is 5.10 Å². The maximum Gasteiger partial charge on any atom is 0.0860 e. The van der Waals surface area contributed by atoms with Gasteiger partial charge in [0, 0.05) is 38.8 Å². The van der Waals surface area contributed by atoms with E-state index in [9.17, 15) is 0 Å². The topological polar surface area (TPSA) is 33.1 Å². The van der Waals surface area contributed by atoms with Gasteiger partial charge in [-0.1, -0.05) is 11.6 Å². The second-order valence-electron chi connectivity index (χ2n) is 4.69. The largest absolute Gasteiger partial charge is 0.314 e. The molecule has 1 atom stereocenters. The fourth-order valence-corrected chi connectivity index (χ4v) is 2.53. The molecule has 4 nitrogen and oxygen atoms in total. The molecule has 0 saturated carbocycles. The number of piperazine rings is 1. The Bertz CT molecular complexity index is 388. The van der Waals surface area contributed by atoms with E-state index in [1.807, 2.05) is 11.6 Å². The van der Waals surface area contributed by atoms with Gasteiger partial charge in [0.15, 0.2) is 0 Å². The van der Waals surface area contributed by atoms with E-state index in [4.69, 9.17) is 11.6 Å². The van der Waals surface area contributed by atoms with Crippen molar-refractivity contribution in [3.8, 4) is 0 Å². The minimum Gasteiger partial charge on any atom is -0.314 e. The van der Waals surface area contributed by atoms with Crippen molar-refractivity contribution in [3.63, 3.8) is 0 Å². The molecule has 1 aromatic heterocycles. The highest BCUT2D eigenvalue weighted by Gasteiger charge is 2.21. The summed E-state index contributed by atoms with van der Waals surface area (Å²) in [6, 6.07) is 0.556. The van der Waals surface area contributed by atoms with Gasteiger partial charge in [0.05, 0.1) is 16.4 Å². The van der Waals surface area contributed by atoms with Crippen LogP contribution in [0.2, 0.25) is 5.02 Å². The molecule has 0 amide bonds. The van der Waals surface area contributed by atoms with E-state index in [0.29, 0.717) is 6.04 Å². The van der Waals surface area contributed by atoms with E-state index in [1.165, 1.54) is 0 Å². The molecule has 1 fully saturated rings. The molecule has 0 spiro atoms. The summed E-state index contributed by atoms with van der Waals surface area (Å²) >= 11 is 6.33. The van der Waals surface area contributed by atoms with E-state index in [-0.39, 0.29) is 0 Å². The third-order valence-corrected chi connectivity index (χ3v) is 3.94. The summed E-state index contributed by atoms with van der Waals surface area (Å²) in [7, 11) is 0.